The number of carbonyl (C=O) groups is 5. The van der Waals surface area contributed by atoms with Crippen LogP contribution in [0.4, 0.5) is 0 Å². The first-order chi connectivity index (χ1) is 12.5. The highest BCUT2D eigenvalue weighted by Gasteiger charge is 2.28. The molecule has 3 amide bonds. The number of amides is 3. The predicted octanol–water partition coefficient (Wildman–Crippen LogP) is -4.28. The van der Waals surface area contributed by atoms with E-state index in [9.17, 15) is 29.1 Å². The lowest BCUT2D eigenvalue weighted by Gasteiger charge is -2.22. The van der Waals surface area contributed by atoms with Crippen LogP contribution in [0.25, 0.3) is 0 Å². The van der Waals surface area contributed by atoms with E-state index < -0.39 is 73.5 Å². The summed E-state index contributed by atoms with van der Waals surface area (Å²) in [4.78, 5) is 57.1. The van der Waals surface area contributed by atoms with Gasteiger partial charge in [0.1, 0.15) is 24.2 Å². The Morgan fingerprint density at radius 3 is 1.85 bits per heavy atom. The van der Waals surface area contributed by atoms with Crippen molar-refractivity contribution in [1.29, 1.82) is 0 Å². The zero-order valence-corrected chi connectivity index (χ0v) is 14.5. The molecule has 0 radical (unpaired) electrons. The molecule has 0 aliphatic carbocycles. The zero-order chi connectivity index (χ0) is 21.1. The minimum absolute atomic E-state index is 0.356. The molecule has 0 aliphatic rings. The molecule has 13 nitrogen and oxygen atoms in total. The maximum absolute atomic E-state index is 12.0. The van der Waals surface area contributed by atoms with Crippen molar-refractivity contribution in [2.75, 3.05) is 13.2 Å². The van der Waals surface area contributed by atoms with E-state index in [1.807, 2.05) is 0 Å². The molecule has 0 spiro atoms. The van der Waals surface area contributed by atoms with Crippen LogP contribution < -0.4 is 21.7 Å². The second-order valence-electron chi connectivity index (χ2n) is 5.59. The smallest absolute Gasteiger partial charge is 0.326 e. The molecule has 9 N–H and O–H groups in total. The first-order valence-electron chi connectivity index (χ1n) is 7.86. The number of carbonyl (C=O) groups excluding carboxylic acids is 3. The lowest BCUT2D eigenvalue weighted by atomic mass is 10.1. The molecule has 4 atom stereocenters. The Hall–Kier alpha value is -2.77. The van der Waals surface area contributed by atoms with Gasteiger partial charge in [0, 0.05) is 6.42 Å². The van der Waals surface area contributed by atoms with Crippen LogP contribution in [0.2, 0.25) is 0 Å². The van der Waals surface area contributed by atoms with E-state index in [1.54, 1.807) is 0 Å². The number of nitrogens with one attached hydrogen (secondary N) is 3. The molecule has 4 unspecified atom stereocenters. The van der Waals surface area contributed by atoms with Gasteiger partial charge in [-0.3, -0.25) is 19.2 Å². The number of hydrogen-bond donors (Lipinski definition) is 8. The number of aliphatic carboxylic acids is 2. The highest BCUT2D eigenvalue weighted by Crippen LogP contribution is 1.99. The van der Waals surface area contributed by atoms with Crippen molar-refractivity contribution in [1.82, 2.24) is 16.0 Å². The number of carboxylic acid groups (broad SMARTS) is 2. The largest absolute Gasteiger partial charge is 0.481 e. The van der Waals surface area contributed by atoms with Gasteiger partial charge in [0.2, 0.25) is 17.7 Å². The average Bonchev–Trinajstić information content (AvgIpc) is 2.60. The average molecular weight is 392 g/mol. The van der Waals surface area contributed by atoms with Crippen molar-refractivity contribution in [3.05, 3.63) is 0 Å². The van der Waals surface area contributed by atoms with Gasteiger partial charge in [-0.1, -0.05) is 0 Å². The van der Waals surface area contributed by atoms with Gasteiger partial charge < -0.3 is 42.1 Å². The fourth-order valence-corrected chi connectivity index (χ4v) is 1.76. The Kier molecular flexibility index (Phi) is 10.6. The van der Waals surface area contributed by atoms with Crippen LogP contribution >= 0.6 is 0 Å². The minimum Gasteiger partial charge on any atom is -0.481 e. The fraction of sp³-hybridized carbons (Fsp3) is 0.643. The molecule has 0 aromatic heterocycles. The van der Waals surface area contributed by atoms with Crippen molar-refractivity contribution >= 4 is 29.7 Å². The van der Waals surface area contributed by atoms with E-state index in [0.29, 0.717) is 0 Å². The lowest BCUT2D eigenvalue weighted by molar-refractivity contribution is -0.143. The second kappa shape index (κ2) is 11.8. The molecule has 0 bridgehead atoms. The first-order valence-corrected chi connectivity index (χ1v) is 7.86. The van der Waals surface area contributed by atoms with E-state index in [0.717, 1.165) is 0 Å². The number of rotatable bonds is 12. The standard InChI is InChI=1S/C14H24N4O9/c1-6(11(23)17-8(14(26)27)2-3-10(21)22)16-13(25)9(5-20)18-12(24)7(15)4-19/h6-9,19-20H,2-5,15H2,1H3,(H,16,25)(H,17,23)(H,18,24)(H,21,22)(H,26,27). The van der Waals surface area contributed by atoms with Gasteiger partial charge in [-0.2, -0.15) is 0 Å². The minimum atomic E-state index is -1.47. The Balaban J connectivity index is 4.77. The van der Waals surface area contributed by atoms with Gasteiger partial charge in [-0.25, -0.2) is 4.79 Å². The molecule has 154 valence electrons. The van der Waals surface area contributed by atoms with Gasteiger partial charge >= 0.3 is 11.9 Å². The van der Waals surface area contributed by atoms with Crippen molar-refractivity contribution < 1.29 is 44.4 Å². The summed E-state index contributed by atoms with van der Waals surface area (Å²) in [5.41, 5.74) is 5.27. The third-order valence-corrected chi connectivity index (χ3v) is 3.36. The third-order valence-electron chi connectivity index (χ3n) is 3.36. The maximum Gasteiger partial charge on any atom is 0.326 e. The predicted molar refractivity (Wildman–Crippen MR) is 88.1 cm³/mol. The normalized spacial score (nSPS) is 15.0. The van der Waals surface area contributed by atoms with Crippen molar-refractivity contribution in [3.63, 3.8) is 0 Å². The van der Waals surface area contributed by atoms with Crippen molar-refractivity contribution in [2.24, 2.45) is 5.73 Å². The summed E-state index contributed by atoms with van der Waals surface area (Å²) >= 11 is 0. The summed E-state index contributed by atoms with van der Waals surface area (Å²) in [6.45, 7) is -0.281. The molecular weight excluding hydrogens is 368 g/mol. The first kappa shape index (κ1) is 24.2. The number of aliphatic hydroxyl groups is 2. The second-order valence-corrected chi connectivity index (χ2v) is 5.59. The Morgan fingerprint density at radius 1 is 0.852 bits per heavy atom. The number of aliphatic hydroxyl groups excluding tert-OH is 2. The molecule has 0 saturated carbocycles. The molecule has 0 heterocycles. The van der Waals surface area contributed by atoms with Crippen LogP contribution in [0.1, 0.15) is 19.8 Å². The molecular formula is C14H24N4O9. The van der Waals surface area contributed by atoms with E-state index in [1.165, 1.54) is 6.92 Å². The quantitative estimate of drug-likeness (QED) is 0.159. The highest BCUT2D eigenvalue weighted by atomic mass is 16.4. The number of nitrogens with two attached hydrogens (primary N) is 1. The molecule has 0 aromatic rings. The fourth-order valence-electron chi connectivity index (χ4n) is 1.76. The monoisotopic (exact) mass is 392 g/mol. The van der Waals surface area contributed by atoms with Gasteiger partial charge in [-0.05, 0) is 13.3 Å². The number of hydrogen-bond acceptors (Lipinski definition) is 8. The third kappa shape index (κ3) is 8.94. The van der Waals surface area contributed by atoms with E-state index >= 15 is 0 Å². The van der Waals surface area contributed by atoms with Crippen LogP contribution in [0.5, 0.6) is 0 Å². The SMILES string of the molecule is CC(NC(=O)C(CO)NC(=O)C(N)CO)C(=O)NC(CCC(=O)O)C(=O)O. The Morgan fingerprint density at radius 2 is 1.41 bits per heavy atom. The Bertz CT molecular complexity index is 569. The maximum atomic E-state index is 12.0. The molecule has 0 saturated heterocycles. The van der Waals surface area contributed by atoms with Crippen LogP contribution in [0, 0.1) is 0 Å². The molecule has 0 aromatic carbocycles. The van der Waals surface area contributed by atoms with Crippen molar-refractivity contribution in [3.8, 4) is 0 Å². The topological polar surface area (TPSA) is 228 Å². The molecule has 0 fully saturated rings. The summed E-state index contributed by atoms with van der Waals surface area (Å²) in [5, 5.41) is 41.8. The summed E-state index contributed by atoms with van der Waals surface area (Å²) in [7, 11) is 0. The van der Waals surface area contributed by atoms with E-state index in [4.69, 9.17) is 21.1 Å². The van der Waals surface area contributed by atoms with Crippen molar-refractivity contribution in [2.45, 2.75) is 43.9 Å². The van der Waals surface area contributed by atoms with E-state index in [-0.39, 0.29) is 6.42 Å². The summed E-state index contributed by atoms with van der Waals surface area (Å²) < 4.78 is 0. The summed E-state index contributed by atoms with van der Waals surface area (Å²) in [6.07, 6.45) is -0.840. The van der Waals surface area contributed by atoms with Crippen LogP contribution in [-0.2, 0) is 24.0 Å². The molecule has 0 aliphatic heterocycles. The van der Waals surface area contributed by atoms with Gasteiger partial charge in [0.05, 0.1) is 13.2 Å². The summed E-state index contributed by atoms with van der Waals surface area (Å²) in [5.74, 6) is -5.43. The van der Waals surface area contributed by atoms with Crippen LogP contribution in [0.3, 0.4) is 0 Å². The zero-order valence-electron chi connectivity index (χ0n) is 14.5. The lowest BCUT2D eigenvalue weighted by Crippen LogP contribution is -2.57. The van der Waals surface area contributed by atoms with Gasteiger partial charge in [0.25, 0.3) is 0 Å². The van der Waals surface area contributed by atoms with Gasteiger partial charge in [-0.15, -0.1) is 0 Å². The van der Waals surface area contributed by atoms with Gasteiger partial charge in [0.15, 0.2) is 0 Å². The van der Waals surface area contributed by atoms with E-state index in [2.05, 4.69) is 16.0 Å². The molecule has 0 rings (SSSR count). The molecule has 13 heteroatoms. The van der Waals surface area contributed by atoms with Crippen LogP contribution in [0.15, 0.2) is 0 Å². The highest BCUT2D eigenvalue weighted by molar-refractivity contribution is 5.94. The van der Waals surface area contributed by atoms with Crippen LogP contribution in [-0.4, -0.2) is 87.5 Å². The Labute approximate surface area is 153 Å². The molecule has 27 heavy (non-hydrogen) atoms. The number of carboxylic acids is 2. The summed E-state index contributed by atoms with van der Waals surface area (Å²) in [6, 6.07) is -5.48.